The van der Waals surface area contributed by atoms with Crippen LogP contribution in [0.4, 0.5) is 5.82 Å². The first-order valence-corrected chi connectivity index (χ1v) is 10.5. The average molecular weight is 357 g/mol. The van der Waals surface area contributed by atoms with Crippen LogP contribution in [0.5, 0.6) is 0 Å². The highest BCUT2D eigenvalue weighted by molar-refractivity contribution is 5.79. The number of anilines is 1. The normalized spacial score (nSPS) is 25.5. The Labute approximate surface area is 157 Å². The Morgan fingerprint density at radius 1 is 1.19 bits per heavy atom. The molecule has 1 atom stereocenters. The van der Waals surface area contributed by atoms with Gasteiger partial charge < -0.3 is 10.2 Å². The number of nitrogens with one attached hydrogen (secondary N) is 1. The molecule has 0 bridgehead atoms. The molecule has 0 aromatic carbocycles. The second-order valence-electron chi connectivity index (χ2n) is 8.72. The van der Waals surface area contributed by atoms with Crippen molar-refractivity contribution < 1.29 is 4.79 Å². The third-order valence-corrected chi connectivity index (χ3v) is 6.79. The minimum atomic E-state index is 0.0524. The van der Waals surface area contributed by atoms with Crippen molar-refractivity contribution in [3.05, 3.63) is 18.1 Å². The molecule has 3 fully saturated rings. The molecule has 26 heavy (non-hydrogen) atoms. The molecule has 2 heterocycles. The van der Waals surface area contributed by atoms with E-state index in [0.717, 1.165) is 50.3 Å². The van der Waals surface area contributed by atoms with Crippen LogP contribution >= 0.6 is 0 Å². The van der Waals surface area contributed by atoms with E-state index in [-0.39, 0.29) is 17.5 Å². The number of hydrogen-bond acceptors (Lipinski definition) is 4. The van der Waals surface area contributed by atoms with Gasteiger partial charge in [-0.3, -0.25) is 4.79 Å². The molecule has 1 spiro atoms. The minimum absolute atomic E-state index is 0.0524. The van der Waals surface area contributed by atoms with Crippen molar-refractivity contribution in [3.63, 3.8) is 0 Å². The Morgan fingerprint density at radius 3 is 2.62 bits per heavy atom. The van der Waals surface area contributed by atoms with E-state index in [0.29, 0.717) is 11.8 Å². The van der Waals surface area contributed by atoms with E-state index in [4.69, 9.17) is 4.98 Å². The minimum Gasteiger partial charge on any atom is -0.351 e. The van der Waals surface area contributed by atoms with E-state index in [1.807, 2.05) is 12.3 Å². The van der Waals surface area contributed by atoms with Gasteiger partial charge in [-0.05, 0) is 38.2 Å². The Bertz CT molecular complexity index is 647. The van der Waals surface area contributed by atoms with Gasteiger partial charge in [0.1, 0.15) is 11.6 Å². The predicted octanol–water partition coefficient (Wildman–Crippen LogP) is 3.80. The largest absolute Gasteiger partial charge is 0.351 e. The topological polar surface area (TPSA) is 58.1 Å². The van der Waals surface area contributed by atoms with Crippen molar-refractivity contribution in [3.8, 4) is 0 Å². The van der Waals surface area contributed by atoms with Crippen molar-refractivity contribution in [1.82, 2.24) is 15.3 Å². The number of amides is 1. The molecule has 2 aliphatic carbocycles. The zero-order chi connectivity index (χ0) is 18.1. The highest BCUT2D eigenvalue weighted by Crippen LogP contribution is 2.45. The summed E-state index contributed by atoms with van der Waals surface area (Å²) in [6.07, 6.45) is 12.3. The smallest absolute Gasteiger partial charge is 0.223 e. The van der Waals surface area contributed by atoms with Gasteiger partial charge in [-0.2, -0.15) is 0 Å². The van der Waals surface area contributed by atoms with Gasteiger partial charge in [0.25, 0.3) is 0 Å². The summed E-state index contributed by atoms with van der Waals surface area (Å²) in [7, 11) is 0. The lowest BCUT2D eigenvalue weighted by molar-refractivity contribution is -0.125. The molecule has 1 aromatic heterocycles. The maximum Gasteiger partial charge on any atom is 0.223 e. The molecule has 4 rings (SSSR count). The number of carbonyl (C=O) groups is 1. The molecule has 1 unspecified atom stereocenters. The summed E-state index contributed by atoms with van der Waals surface area (Å²) in [5.74, 6) is 2.83. The fraction of sp³-hybridized carbons (Fsp3) is 0.762. The number of nitrogens with zero attached hydrogens (tertiary/aromatic N) is 3. The van der Waals surface area contributed by atoms with Gasteiger partial charge in [0, 0.05) is 24.6 Å². The van der Waals surface area contributed by atoms with Crippen LogP contribution in [0, 0.1) is 5.92 Å². The van der Waals surface area contributed by atoms with Crippen LogP contribution in [0.2, 0.25) is 0 Å². The number of rotatable bonds is 4. The molecular weight excluding hydrogens is 324 g/mol. The van der Waals surface area contributed by atoms with Gasteiger partial charge in [0.15, 0.2) is 0 Å². The Kier molecular flexibility index (Phi) is 4.89. The first kappa shape index (κ1) is 17.7. The number of hydrogen-bond donors (Lipinski definition) is 1. The van der Waals surface area contributed by atoms with Gasteiger partial charge >= 0.3 is 0 Å². The number of aromatic nitrogens is 2. The van der Waals surface area contributed by atoms with Gasteiger partial charge in [-0.25, -0.2) is 9.97 Å². The van der Waals surface area contributed by atoms with Gasteiger partial charge in [0.05, 0.1) is 11.6 Å². The van der Waals surface area contributed by atoms with Crippen LogP contribution in [0.15, 0.2) is 12.3 Å². The van der Waals surface area contributed by atoms with Crippen molar-refractivity contribution in [1.29, 1.82) is 0 Å². The molecule has 1 N–H and O–H groups in total. The molecule has 5 nitrogen and oxygen atoms in total. The zero-order valence-electron chi connectivity index (χ0n) is 16.2. The summed E-state index contributed by atoms with van der Waals surface area (Å²) in [5.41, 5.74) is 0.0524. The van der Waals surface area contributed by atoms with Crippen LogP contribution in [0.1, 0.15) is 83.4 Å². The van der Waals surface area contributed by atoms with Crippen molar-refractivity contribution in [2.75, 3.05) is 11.4 Å². The van der Waals surface area contributed by atoms with E-state index < -0.39 is 0 Å². The highest BCUT2D eigenvalue weighted by Gasteiger charge is 2.51. The monoisotopic (exact) mass is 356 g/mol. The molecule has 0 radical (unpaired) electrons. The van der Waals surface area contributed by atoms with Crippen LogP contribution in [0.3, 0.4) is 0 Å². The summed E-state index contributed by atoms with van der Waals surface area (Å²) in [5, 5.41) is 3.47. The highest BCUT2D eigenvalue weighted by atomic mass is 16.2. The Balaban J connectivity index is 1.57. The lowest BCUT2D eigenvalue weighted by atomic mass is 9.88. The molecular formula is C21H32N4O. The maximum absolute atomic E-state index is 12.8. The zero-order valence-corrected chi connectivity index (χ0v) is 16.2. The van der Waals surface area contributed by atoms with Gasteiger partial charge in [0.2, 0.25) is 5.91 Å². The van der Waals surface area contributed by atoms with Gasteiger partial charge in [-0.15, -0.1) is 0 Å². The summed E-state index contributed by atoms with van der Waals surface area (Å²) in [6.45, 7) is 5.25. The lowest BCUT2D eigenvalue weighted by Gasteiger charge is -2.40. The Morgan fingerprint density at radius 2 is 1.92 bits per heavy atom. The van der Waals surface area contributed by atoms with Crippen LogP contribution in [-0.2, 0) is 4.79 Å². The van der Waals surface area contributed by atoms with Crippen molar-refractivity contribution in [2.45, 2.75) is 89.1 Å². The summed E-state index contributed by atoms with van der Waals surface area (Å²) in [4.78, 5) is 24.6. The van der Waals surface area contributed by atoms with E-state index in [9.17, 15) is 4.79 Å². The van der Waals surface area contributed by atoms with Crippen LogP contribution in [0.25, 0.3) is 0 Å². The quantitative estimate of drug-likeness (QED) is 0.891. The summed E-state index contributed by atoms with van der Waals surface area (Å²) < 4.78 is 0. The van der Waals surface area contributed by atoms with Crippen molar-refractivity contribution in [2.24, 2.45) is 5.92 Å². The first-order valence-electron chi connectivity index (χ1n) is 10.5. The molecule has 3 aliphatic rings. The van der Waals surface area contributed by atoms with E-state index in [2.05, 4.69) is 29.0 Å². The average Bonchev–Trinajstić information content (AvgIpc) is 3.39. The third-order valence-electron chi connectivity index (χ3n) is 6.79. The Hall–Kier alpha value is -1.65. The van der Waals surface area contributed by atoms with E-state index >= 15 is 0 Å². The second kappa shape index (κ2) is 7.16. The second-order valence-corrected chi connectivity index (χ2v) is 8.72. The lowest BCUT2D eigenvalue weighted by Crippen LogP contribution is -2.56. The SMILES string of the molecule is CC(C)c1nccc(N2CCC(NC(=O)C3CCCC3)C23CCCC3)n1. The first-order chi connectivity index (χ1) is 12.6. The molecule has 142 valence electrons. The fourth-order valence-electron chi connectivity index (χ4n) is 5.36. The summed E-state index contributed by atoms with van der Waals surface area (Å²) in [6, 6.07) is 2.31. The predicted molar refractivity (Wildman–Crippen MR) is 103 cm³/mol. The molecule has 2 saturated carbocycles. The van der Waals surface area contributed by atoms with Crippen LogP contribution in [-0.4, -0.2) is 34.0 Å². The molecule has 1 aliphatic heterocycles. The fourth-order valence-corrected chi connectivity index (χ4v) is 5.36. The molecule has 1 saturated heterocycles. The molecule has 5 heteroatoms. The summed E-state index contributed by atoms with van der Waals surface area (Å²) >= 11 is 0. The standard InChI is InChI=1S/C21H32N4O/c1-15(2)19-22-13-9-18(24-19)25-14-10-17(21(25)11-5-6-12-21)23-20(26)16-7-3-4-8-16/h9,13,15-17H,3-8,10-12,14H2,1-2H3,(H,23,26). The van der Waals surface area contributed by atoms with Crippen LogP contribution < -0.4 is 10.2 Å². The van der Waals surface area contributed by atoms with E-state index in [1.165, 1.54) is 25.7 Å². The third kappa shape index (κ3) is 3.10. The molecule has 1 amide bonds. The van der Waals surface area contributed by atoms with Gasteiger partial charge in [-0.1, -0.05) is 39.5 Å². The van der Waals surface area contributed by atoms with Crippen molar-refractivity contribution >= 4 is 11.7 Å². The number of carbonyl (C=O) groups excluding carboxylic acids is 1. The van der Waals surface area contributed by atoms with E-state index in [1.54, 1.807) is 0 Å². The molecule has 1 aromatic rings. The maximum atomic E-state index is 12.8.